The molecule has 2 unspecified atom stereocenters. The molecule has 0 aliphatic carbocycles. The van der Waals surface area contributed by atoms with Gasteiger partial charge in [0, 0.05) is 0 Å². The van der Waals surface area contributed by atoms with Crippen molar-refractivity contribution in [3.8, 4) is 17.5 Å². The Morgan fingerprint density at radius 2 is 1.18 bits per heavy atom. The fourth-order valence-corrected chi connectivity index (χ4v) is 6.23. The number of hydrogen-bond donors (Lipinski definition) is 4. The van der Waals surface area contributed by atoms with Gasteiger partial charge >= 0.3 is 43.7 Å². The fraction of sp³-hybridized carbons (Fsp3) is 0.286. The molecule has 23 nitrogen and oxygen atoms in total. The molecule has 0 radical (unpaired) electrons. The minimum Gasteiger partial charge on any atom is -0.467 e. The Labute approximate surface area is 346 Å². The van der Waals surface area contributed by atoms with Gasteiger partial charge in [-0.1, -0.05) is 12.1 Å². The maximum Gasteiger partial charge on any atom is 0.382 e. The monoisotopic (exact) mass is 952 g/mol. The Morgan fingerprint density at radius 3 is 1.58 bits per heavy atom. The van der Waals surface area contributed by atoms with Gasteiger partial charge in [-0.25, -0.2) is 42.7 Å². The van der Waals surface area contributed by atoms with Crippen LogP contribution in [-0.4, -0.2) is 86.8 Å². The first-order chi connectivity index (χ1) is 27.7. The van der Waals surface area contributed by atoms with Crippen molar-refractivity contribution in [2.45, 2.75) is 42.4 Å². The number of aromatic nitrogens is 6. The van der Waals surface area contributed by atoms with E-state index in [1.54, 1.807) is 24.8 Å². The SMILES string of the molecule is COc1nc(NC(=O)NOS(=O)c2ccc(C)cc2OS(C)(=O)=O)nc(C(F)(F)Cl)n1.Cc1ccc(S(=O)ONC(=O)Nc2nc(C)nc(C(F)F)n2)c(OS(C)(=O)=O)c1. The molecule has 0 aliphatic heterocycles. The molecule has 60 heavy (non-hydrogen) atoms. The van der Waals surface area contributed by atoms with Gasteiger partial charge in [-0.15, -0.1) is 0 Å². The molecule has 0 spiro atoms. The highest BCUT2D eigenvalue weighted by atomic mass is 35.5. The lowest BCUT2D eigenvalue weighted by Gasteiger charge is -2.11. The van der Waals surface area contributed by atoms with E-state index < -0.39 is 95.8 Å². The van der Waals surface area contributed by atoms with Crippen LogP contribution in [0.5, 0.6) is 17.5 Å². The summed E-state index contributed by atoms with van der Waals surface area (Å²) in [4.78, 5) is 43.8. The summed E-state index contributed by atoms with van der Waals surface area (Å²) in [5.74, 6) is -3.76. The van der Waals surface area contributed by atoms with Crippen molar-refractivity contribution >= 4 is 78.0 Å². The lowest BCUT2D eigenvalue weighted by Crippen LogP contribution is -2.31. The first-order valence-electron chi connectivity index (χ1n) is 15.4. The molecule has 2 aromatic carbocycles. The number of carbonyl (C=O) groups is 2. The maximum absolute atomic E-state index is 13.2. The van der Waals surface area contributed by atoms with Gasteiger partial charge < -0.3 is 13.1 Å². The number of alkyl halides is 5. The van der Waals surface area contributed by atoms with Gasteiger partial charge in [0.25, 0.3) is 6.43 Å². The Kier molecular flexibility index (Phi) is 16.8. The molecule has 2 atom stereocenters. The number of amides is 4. The summed E-state index contributed by atoms with van der Waals surface area (Å²) in [5, 5.41) is -0.0279. The zero-order chi connectivity index (χ0) is 45.2. The number of carbonyl (C=O) groups excluding carboxylic acids is 2. The van der Waals surface area contributed by atoms with Gasteiger partial charge in [0.1, 0.15) is 15.6 Å². The Balaban J connectivity index is 0.000000321. The van der Waals surface area contributed by atoms with Crippen LogP contribution in [0.4, 0.5) is 39.0 Å². The van der Waals surface area contributed by atoms with Crippen molar-refractivity contribution in [1.82, 2.24) is 40.9 Å². The molecule has 4 amide bonds. The van der Waals surface area contributed by atoms with Gasteiger partial charge in [-0.2, -0.15) is 59.1 Å². The molecule has 0 bridgehead atoms. The third kappa shape index (κ3) is 16.3. The zero-order valence-corrected chi connectivity index (χ0v) is 35.1. The van der Waals surface area contributed by atoms with Gasteiger partial charge in [-0.3, -0.25) is 10.6 Å². The molecule has 0 aliphatic rings. The van der Waals surface area contributed by atoms with Crippen LogP contribution < -0.4 is 34.7 Å². The molecule has 4 aromatic rings. The van der Waals surface area contributed by atoms with Crippen LogP contribution in [-0.2, 0) is 56.3 Å². The summed E-state index contributed by atoms with van der Waals surface area (Å²) >= 11 is 0.0602. The molecule has 0 saturated heterocycles. The number of nitrogens with one attached hydrogen (secondary N) is 4. The average Bonchev–Trinajstić information content (AvgIpc) is 3.11. The number of hydrogen-bond acceptors (Lipinski definition) is 19. The maximum atomic E-state index is 13.2. The minimum atomic E-state index is -3.97. The van der Waals surface area contributed by atoms with Crippen LogP contribution in [0.1, 0.15) is 35.0 Å². The minimum absolute atomic E-state index is 0.0580. The largest absolute Gasteiger partial charge is 0.467 e. The lowest BCUT2D eigenvalue weighted by atomic mass is 10.2. The van der Waals surface area contributed by atoms with E-state index in [1.165, 1.54) is 43.3 Å². The smallest absolute Gasteiger partial charge is 0.382 e. The van der Waals surface area contributed by atoms with E-state index in [1.807, 2.05) is 10.6 Å². The number of benzene rings is 2. The van der Waals surface area contributed by atoms with E-state index >= 15 is 0 Å². The highest BCUT2D eigenvalue weighted by Crippen LogP contribution is 2.31. The summed E-state index contributed by atoms with van der Waals surface area (Å²) in [6, 6.07) is 5.27. The van der Waals surface area contributed by atoms with Crippen LogP contribution in [0.3, 0.4) is 0 Å². The normalized spacial score (nSPS) is 12.6. The van der Waals surface area contributed by atoms with Gasteiger partial charge in [0.05, 0.1) is 19.6 Å². The topological polar surface area (TPSA) is 308 Å². The standard InChI is InChI=1S/C14H14ClF2N5O7S2.C14H15F2N5O6S2/c1-7-4-5-9(8(6-7)28-31(3,25)26)30(24)29-22-12(23)20-11-18-10(14(15,16)17)19-13(21-11)27-2;1-7-4-5-10(9(6-7)26-29(3,24)25)28(23)27-21-14(22)20-13-18-8(2)17-12(19-13)11(15)16/h4-6H,1-3H3,(H2,18,19,20,21,22,23);4-6,11H,1-3H3,(H2,17,18,19,20,21,22). The van der Waals surface area contributed by atoms with Crippen molar-refractivity contribution in [2.75, 3.05) is 30.3 Å². The third-order valence-electron chi connectivity index (χ3n) is 5.92. The first kappa shape index (κ1) is 48.9. The number of anilines is 2. The van der Waals surface area contributed by atoms with Crippen LogP contribution in [0.15, 0.2) is 46.2 Å². The third-order valence-corrected chi connectivity index (χ3v) is 8.92. The van der Waals surface area contributed by atoms with E-state index in [9.17, 15) is 52.4 Å². The number of rotatable bonds is 15. The van der Waals surface area contributed by atoms with E-state index in [-0.39, 0.29) is 27.1 Å². The van der Waals surface area contributed by atoms with Crippen LogP contribution in [0, 0.1) is 20.8 Å². The zero-order valence-electron chi connectivity index (χ0n) is 31.1. The number of nitrogens with zero attached hydrogens (tertiary/aromatic N) is 6. The first-order valence-corrected chi connectivity index (χ1v) is 21.6. The average molecular weight is 953 g/mol. The molecule has 4 N–H and O–H groups in total. The summed E-state index contributed by atoms with van der Waals surface area (Å²) in [7, 11) is -6.77. The lowest BCUT2D eigenvalue weighted by molar-refractivity contribution is 0.0832. The number of methoxy groups -OCH3 is 1. The molecular formula is C28H29ClF4N10O13S4. The van der Waals surface area contributed by atoms with Crippen LogP contribution in [0.2, 0.25) is 0 Å². The molecule has 328 valence electrons. The van der Waals surface area contributed by atoms with Gasteiger partial charge in [-0.05, 0) is 67.8 Å². The van der Waals surface area contributed by atoms with Crippen LogP contribution in [0.25, 0.3) is 0 Å². The summed E-state index contributed by atoms with van der Waals surface area (Å²) in [6.07, 6.45) is -1.38. The molecule has 0 fully saturated rings. The highest BCUT2D eigenvalue weighted by Gasteiger charge is 2.34. The van der Waals surface area contributed by atoms with Crippen molar-refractivity contribution in [1.29, 1.82) is 0 Å². The number of halogens is 5. The molecular weight excluding hydrogens is 924 g/mol. The van der Waals surface area contributed by atoms with Gasteiger partial charge in [0.15, 0.2) is 11.5 Å². The summed E-state index contributed by atoms with van der Waals surface area (Å²) < 4.78 is 145. The van der Waals surface area contributed by atoms with E-state index in [0.717, 1.165) is 19.6 Å². The molecule has 2 heterocycles. The van der Waals surface area contributed by atoms with Gasteiger partial charge in [0.2, 0.25) is 45.7 Å². The van der Waals surface area contributed by atoms with Crippen molar-refractivity contribution in [3.63, 3.8) is 0 Å². The number of aryl methyl sites for hydroxylation is 3. The second-order valence-electron chi connectivity index (χ2n) is 11.1. The van der Waals surface area contributed by atoms with E-state index in [0.29, 0.717) is 11.1 Å². The highest BCUT2D eigenvalue weighted by molar-refractivity contribution is 7.86. The van der Waals surface area contributed by atoms with Crippen molar-refractivity contribution in [3.05, 3.63) is 65.0 Å². The van der Waals surface area contributed by atoms with E-state index in [2.05, 4.69) is 43.2 Å². The molecule has 4 rings (SSSR count). The molecule has 32 heteroatoms. The predicted molar refractivity (Wildman–Crippen MR) is 198 cm³/mol. The molecule has 2 aromatic heterocycles. The Hall–Kier alpha value is -5.47. The Morgan fingerprint density at radius 1 is 0.733 bits per heavy atom. The fourth-order valence-electron chi connectivity index (χ4n) is 3.74. The van der Waals surface area contributed by atoms with E-state index in [4.69, 9.17) is 20.0 Å². The second-order valence-corrected chi connectivity index (χ2v) is 16.8. The van der Waals surface area contributed by atoms with Crippen molar-refractivity contribution < 1.29 is 74.1 Å². The molecule has 0 saturated carbocycles. The summed E-state index contributed by atoms with van der Waals surface area (Å²) in [6.45, 7) is 4.61. The predicted octanol–water partition coefficient (Wildman–Crippen LogP) is 3.13. The Bertz CT molecular complexity index is 2510. The number of hydroxylamine groups is 2. The van der Waals surface area contributed by atoms with Crippen LogP contribution >= 0.6 is 11.6 Å². The number of ether oxygens (including phenoxy) is 1. The number of urea groups is 2. The van der Waals surface area contributed by atoms with Crippen molar-refractivity contribution in [2.24, 2.45) is 0 Å². The second kappa shape index (κ2) is 20.7. The summed E-state index contributed by atoms with van der Waals surface area (Å²) in [5.41, 5.74) is 4.69. The quantitative estimate of drug-likeness (QED) is 0.0576.